The van der Waals surface area contributed by atoms with Crippen LogP contribution in [0.15, 0.2) is 24.3 Å². The van der Waals surface area contributed by atoms with Gasteiger partial charge in [-0.2, -0.15) is 0 Å². The average Bonchev–Trinajstić information content (AvgIpc) is 2.30. The van der Waals surface area contributed by atoms with Crippen molar-refractivity contribution in [2.75, 3.05) is 5.73 Å². The second-order valence-electron chi connectivity index (χ2n) is 4.82. The van der Waals surface area contributed by atoms with Crippen LogP contribution in [0, 0.1) is 0 Å². The van der Waals surface area contributed by atoms with Crippen molar-refractivity contribution in [3.8, 4) is 0 Å². The van der Waals surface area contributed by atoms with Crippen LogP contribution in [0.5, 0.6) is 0 Å². The van der Waals surface area contributed by atoms with E-state index in [1.165, 1.54) is 6.42 Å². The molecule has 2 heteroatoms. The van der Waals surface area contributed by atoms with Crippen LogP contribution in [0.1, 0.15) is 44.6 Å². The minimum Gasteiger partial charge on any atom is -0.399 e. The third-order valence-corrected chi connectivity index (χ3v) is 3.84. The van der Waals surface area contributed by atoms with E-state index >= 15 is 0 Å². The van der Waals surface area contributed by atoms with Crippen LogP contribution in [0.4, 0.5) is 5.69 Å². The topological polar surface area (TPSA) is 43.1 Å². The highest BCUT2D eigenvalue weighted by molar-refractivity contribution is 5.88. The number of carbonyl (C=O) groups is 1. The smallest absolute Gasteiger partial charge is 0.140 e. The van der Waals surface area contributed by atoms with Crippen LogP contribution >= 0.6 is 0 Å². The van der Waals surface area contributed by atoms with E-state index in [-0.39, 0.29) is 5.41 Å². The third-order valence-electron chi connectivity index (χ3n) is 3.84. The van der Waals surface area contributed by atoms with Gasteiger partial charge >= 0.3 is 0 Å². The first kappa shape index (κ1) is 11.2. The van der Waals surface area contributed by atoms with Crippen molar-refractivity contribution in [2.24, 2.45) is 0 Å². The van der Waals surface area contributed by atoms with Crippen LogP contribution in [-0.2, 0) is 10.2 Å². The van der Waals surface area contributed by atoms with Crippen molar-refractivity contribution in [1.29, 1.82) is 0 Å². The number of ketones is 1. The predicted molar refractivity (Wildman–Crippen MR) is 66.3 cm³/mol. The van der Waals surface area contributed by atoms with Gasteiger partial charge in [0.2, 0.25) is 0 Å². The SMILES string of the molecule is CC(=O)C1(c2ccc(N)cc2)CCCCC1. The lowest BCUT2D eigenvalue weighted by Gasteiger charge is -2.35. The summed E-state index contributed by atoms with van der Waals surface area (Å²) >= 11 is 0. The molecule has 1 aromatic carbocycles. The van der Waals surface area contributed by atoms with Crippen molar-refractivity contribution < 1.29 is 4.79 Å². The molecule has 1 aromatic rings. The Morgan fingerprint density at radius 3 is 2.19 bits per heavy atom. The molecule has 0 radical (unpaired) electrons. The number of anilines is 1. The Hall–Kier alpha value is -1.31. The van der Waals surface area contributed by atoms with Gasteiger partial charge in [-0.25, -0.2) is 0 Å². The number of Topliss-reactive ketones (excluding diaryl/α,β-unsaturated/α-hetero) is 1. The lowest BCUT2D eigenvalue weighted by atomic mass is 9.67. The summed E-state index contributed by atoms with van der Waals surface area (Å²) in [4.78, 5) is 12.0. The number of carbonyl (C=O) groups excluding carboxylic acids is 1. The molecule has 1 saturated carbocycles. The molecule has 0 heterocycles. The molecule has 0 amide bonds. The zero-order valence-corrected chi connectivity index (χ0v) is 9.83. The Bertz CT molecular complexity index is 374. The summed E-state index contributed by atoms with van der Waals surface area (Å²) < 4.78 is 0. The molecule has 2 nitrogen and oxygen atoms in total. The Kier molecular flexibility index (Phi) is 2.99. The van der Waals surface area contributed by atoms with Gasteiger partial charge in [-0.15, -0.1) is 0 Å². The fraction of sp³-hybridized carbons (Fsp3) is 0.500. The van der Waals surface area contributed by atoms with Crippen LogP contribution in [0.2, 0.25) is 0 Å². The fourth-order valence-corrected chi connectivity index (χ4v) is 2.80. The monoisotopic (exact) mass is 217 g/mol. The summed E-state index contributed by atoms with van der Waals surface area (Å²) in [6.45, 7) is 1.72. The van der Waals surface area contributed by atoms with Gasteiger partial charge in [0, 0.05) is 5.69 Å². The molecule has 1 fully saturated rings. The minimum absolute atomic E-state index is 0.230. The van der Waals surface area contributed by atoms with E-state index in [4.69, 9.17) is 5.73 Å². The molecule has 2 rings (SSSR count). The van der Waals surface area contributed by atoms with Crippen LogP contribution < -0.4 is 5.73 Å². The van der Waals surface area contributed by atoms with Gasteiger partial charge in [0.25, 0.3) is 0 Å². The van der Waals surface area contributed by atoms with E-state index in [2.05, 4.69) is 0 Å². The molecule has 0 spiro atoms. The summed E-state index contributed by atoms with van der Waals surface area (Å²) in [6.07, 6.45) is 5.55. The molecule has 1 aliphatic rings. The molecule has 0 bridgehead atoms. The maximum atomic E-state index is 12.0. The molecular weight excluding hydrogens is 198 g/mol. The number of nitrogens with two attached hydrogens (primary N) is 1. The first-order valence-electron chi connectivity index (χ1n) is 6.02. The lowest BCUT2D eigenvalue weighted by molar-refractivity contribution is -0.123. The summed E-state index contributed by atoms with van der Waals surface area (Å²) in [5.41, 5.74) is 7.37. The number of nitrogen functional groups attached to an aromatic ring is 1. The van der Waals surface area contributed by atoms with Crippen molar-refractivity contribution in [1.82, 2.24) is 0 Å². The first-order valence-corrected chi connectivity index (χ1v) is 6.02. The van der Waals surface area contributed by atoms with Gasteiger partial charge in [-0.3, -0.25) is 4.79 Å². The lowest BCUT2D eigenvalue weighted by Crippen LogP contribution is -2.36. The van der Waals surface area contributed by atoms with Crippen molar-refractivity contribution in [3.63, 3.8) is 0 Å². The highest BCUT2D eigenvalue weighted by Crippen LogP contribution is 2.40. The zero-order chi connectivity index (χ0) is 11.6. The van der Waals surface area contributed by atoms with Crippen LogP contribution in [0.3, 0.4) is 0 Å². The van der Waals surface area contributed by atoms with Gasteiger partial charge in [-0.05, 0) is 37.5 Å². The Balaban J connectivity index is 2.38. The molecule has 0 atom stereocenters. The summed E-state index contributed by atoms with van der Waals surface area (Å²) in [5.74, 6) is 0.303. The molecule has 86 valence electrons. The Morgan fingerprint density at radius 2 is 1.69 bits per heavy atom. The Morgan fingerprint density at radius 1 is 1.12 bits per heavy atom. The maximum absolute atomic E-state index is 12.0. The van der Waals surface area contributed by atoms with Crippen molar-refractivity contribution >= 4 is 11.5 Å². The van der Waals surface area contributed by atoms with Gasteiger partial charge in [-0.1, -0.05) is 31.4 Å². The molecular formula is C14H19NO. The largest absolute Gasteiger partial charge is 0.399 e. The molecule has 0 unspecified atom stereocenters. The quantitative estimate of drug-likeness (QED) is 0.774. The van der Waals surface area contributed by atoms with Crippen molar-refractivity contribution in [2.45, 2.75) is 44.4 Å². The van der Waals surface area contributed by atoms with Gasteiger partial charge in [0.15, 0.2) is 0 Å². The molecule has 2 N–H and O–H groups in total. The van der Waals surface area contributed by atoms with Crippen LogP contribution in [0.25, 0.3) is 0 Å². The number of hydrogen-bond acceptors (Lipinski definition) is 2. The third kappa shape index (κ3) is 1.84. The fourth-order valence-electron chi connectivity index (χ4n) is 2.80. The van der Waals surface area contributed by atoms with Crippen LogP contribution in [-0.4, -0.2) is 5.78 Å². The molecule has 16 heavy (non-hydrogen) atoms. The molecule has 0 saturated heterocycles. The second kappa shape index (κ2) is 4.28. The first-order chi connectivity index (χ1) is 7.65. The van der Waals surface area contributed by atoms with E-state index in [0.29, 0.717) is 5.78 Å². The Labute approximate surface area is 96.8 Å². The van der Waals surface area contributed by atoms with Gasteiger partial charge in [0.05, 0.1) is 5.41 Å². The number of benzene rings is 1. The second-order valence-corrected chi connectivity index (χ2v) is 4.82. The molecule has 1 aliphatic carbocycles. The van der Waals surface area contributed by atoms with Crippen molar-refractivity contribution in [3.05, 3.63) is 29.8 Å². The highest BCUT2D eigenvalue weighted by Gasteiger charge is 2.38. The maximum Gasteiger partial charge on any atom is 0.140 e. The minimum atomic E-state index is -0.230. The van der Waals surface area contributed by atoms with Gasteiger partial charge < -0.3 is 5.73 Å². The summed E-state index contributed by atoms with van der Waals surface area (Å²) in [6, 6.07) is 7.83. The number of hydrogen-bond donors (Lipinski definition) is 1. The molecule has 0 aliphatic heterocycles. The highest BCUT2D eigenvalue weighted by atomic mass is 16.1. The van der Waals surface area contributed by atoms with E-state index in [1.807, 2.05) is 24.3 Å². The average molecular weight is 217 g/mol. The predicted octanol–water partition coefficient (Wildman–Crippen LogP) is 3.06. The summed E-state index contributed by atoms with van der Waals surface area (Å²) in [7, 11) is 0. The zero-order valence-electron chi connectivity index (χ0n) is 9.83. The number of rotatable bonds is 2. The summed E-state index contributed by atoms with van der Waals surface area (Å²) in [5, 5.41) is 0. The van der Waals surface area contributed by atoms with E-state index in [0.717, 1.165) is 36.9 Å². The van der Waals surface area contributed by atoms with E-state index < -0.39 is 0 Å². The normalized spacial score (nSPS) is 19.3. The van der Waals surface area contributed by atoms with Gasteiger partial charge in [0.1, 0.15) is 5.78 Å². The molecule has 0 aromatic heterocycles. The standard InChI is InChI=1S/C14H19NO/c1-11(16)14(9-3-2-4-10-14)12-5-7-13(15)8-6-12/h5-8H,2-4,9-10,15H2,1H3. The van der Waals surface area contributed by atoms with E-state index in [9.17, 15) is 4.79 Å². The van der Waals surface area contributed by atoms with E-state index in [1.54, 1.807) is 6.92 Å².